The predicted octanol–water partition coefficient (Wildman–Crippen LogP) is 4.48. The van der Waals surface area contributed by atoms with E-state index >= 15 is 0 Å². The van der Waals surface area contributed by atoms with Crippen LogP contribution in [0.5, 0.6) is 0 Å². The summed E-state index contributed by atoms with van der Waals surface area (Å²) in [7, 11) is 0. The average molecular weight is 346 g/mol. The Morgan fingerprint density at radius 1 is 1.26 bits per heavy atom. The highest BCUT2D eigenvalue weighted by Gasteiger charge is 2.28. The van der Waals surface area contributed by atoms with Gasteiger partial charge in [0.25, 0.3) is 0 Å². The van der Waals surface area contributed by atoms with Gasteiger partial charge in [0.2, 0.25) is 0 Å². The van der Waals surface area contributed by atoms with Crippen LogP contribution in [0.2, 0.25) is 0 Å². The first-order chi connectivity index (χ1) is 11.2. The van der Waals surface area contributed by atoms with Crippen LogP contribution in [0, 0.1) is 12.7 Å². The third-order valence-corrected chi connectivity index (χ3v) is 5.66. The van der Waals surface area contributed by atoms with E-state index in [2.05, 4.69) is 25.1 Å². The van der Waals surface area contributed by atoms with Gasteiger partial charge in [0.05, 0.1) is 5.69 Å². The molecular formula is C16H15FN4S2. The van der Waals surface area contributed by atoms with E-state index in [4.69, 9.17) is 0 Å². The number of halogens is 1. The molecule has 7 heteroatoms. The summed E-state index contributed by atoms with van der Waals surface area (Å²) in [6.07, 6.45) is 2.44. The molecule has 23 heavy (non-hydrogen) atoms. The highest BCUT2D eigenvalue weighted by molar-refractivity contribution is 7.98. The molecule has 0 radical (unpaired) electrons. The Balaban J connectivity index is 1.47. The molecule has 1 fully saturated rings. The maximum Gasteiger partial charge on any atom is 0.191 e. The fourth-order valence-electron chi connectivity index (χ4n) is 2.44. The van der Waals surface area contributed by atoms with Gasteiger partial charge < -0.3 is 4.57 Å². The molecule has 1 aliphatic carbocycles. The van der Waals surface area contributed by atoms with Crippen molar-refractivity contribution in [1.82, 2.24) is 19.7 Å². The Bertz CT molecular complexity index is 821. The summed E-state index contributed by atoms with van der Waals surface area (Å²) in [5.41, 5.74) is 1.96. The van der Waals surface area contributed by atoms with Crippen molar-refractivity contribution in [2.75, 3.05) is 0 Å². The third-order valence-electron chi connectivity index (χ3n) is 3.74. The zero-order valence-corrected chi connectivity index (χ0v) is 14.2. The maximum atomic E-state index is 13.0. The number of thiazole rings is 1. The fourth-order valence-corrected chi connectivity index (χ4v) is 4.31. The maximum absolute atomic E-state index is 13.0. The van der Waals surface area contributed by atoms with E-state index in [-0.39, 0.29) is 5.82 Å². The molecule has 0 amide bonds. The summed E-state index contributed by atoms with van der Waals surface area (Å²) in [4.78, 5) is 4.64. The van der Waals surface area contributed by atoms with Gasteiger partial charge in [-0.3, -0.25) is 0 Å². The van der Waals surface area contributed by atoms with Gasteiger partial charge in [0.15, 0.2) is 5.16 Å². The van der Waals surface area contributed by atoms with E-state index in [0.29, 0.717) is 6.04 Å². The number of aromatic nitrogens is 4. The van der Waals surface area contributed by atoms with Crippen LogP contribution in [-0.2, 0) is 5.75 Å². The molecule has 1 saturated carbocycles. The van der Waals surface area contributed by atoms with Gasteiger partial charge in [-0.1, -0.05) is 11.8 Å². The van der Waals surface area contributed by atoms with Crippen molar-refractivity contribution in [3.05, 3.63) is 47.0 Å². The molecule has 0 bridgehead atoms. The summed E-state index contributed by atoms with van der Waals surface area (Å²) in [6, 6.07) is 7.03. The molecule has 4 nitrogen and oxygen atoms in total. The largest absolute Gasteiger partial charge is 0.303 e. The highest BCUT2D eigenvalue weighted by atomic mass is 32.2. The summed E-state index contributed by atoms with van der Waals surface area (Å²) in [5.74, 6) is 1.53. The lowest BCUT2D eigenvalue weighted by Crippen LogP contribution is -1.99. The van der Waals surface area contributed by atoms with Crippen molar-refractivity contribution in [3.8, 4) is 10.6 Å². The zero-order valence-electron chi connectivity index (χ0n) is 12.6. The Hall–Kier alpha value is -1.73. The normalized spacial score (nSPS) is 14.3. The molecule has 0 saturated heterocycles. The van der Waals surface area contributed by atoms with E-state index in [0.717, 1.165) is 33.0 Å². The number of thioether (sulfide) groups is 1. The van der Waals surface area contributed by atoms with E-state index in [1.54, 1.807) is 35.2 Å². The van der Waals surface area contributed by atoms with Crippen LogP contribution in [0.25, 0.3) is 10.6 Å². The van der Waals surface area contributed by atoms with Crippen LogP contribution >= 0.6 is 23.1 Å². The standard InChI is InChI=1S/C16H15FN4S2/c1-10-19-20-16(21(10)14-6-7-14)23-9-13-8-22-15(18-13)11-2-4-12(17)5-3-11/h2-5,8,14H,6-7,9H2,1H3. The SMILES string of the molecule is Cc1nnc(SCc2csc(-c3ccc(F)cc3)n2)n1C1CC1. The van der Waals surface area contributed by atoms with E-state index in [1.807, 2.05) is 6.92 Å². The molecular weight excluding hydrogens is 331 g/mol. The second kappa shape index (κ2) is 6.05. The summed E-state index contributed by atoms with van der Waals surface area (Å²) in [5, 5.41) is 12.4. The van der Waals surface area contributed by atoms with Gasteiger partial charge in [-0.25, -0.2) is 9.37 Å². The average Bonchev–Trinajstić information content (AvgIpc) is 3.15. The van der Waals surface area contributed by atoms with Crippen molar-refractivity contribution >= 4 is 23.1 Å². The molecule has 118 valence electrons. The molecule has 1 aromatic carbocycles. The molecule has 0 aliphatic heterocycles. The number of benzene rings is 1. The zero-order chi connectivity index (χ0) is 15.8. The van der Waals surface area contributed by atoms with Crippen molar-refractivity contribution < 1.29 is 4.39 Å². The number of rotatable bonds is 5. The predicted molar refractivity (Wildman–Crippen MR) is 90.1 cm³/mol. The van der Waals surface area contributed by atoms with Gasteiger partial charge >= 0.3 is 0 Å². The van der Waals surface area contributed by atoms with Gasteiger partial charge in [-0.05, 0) is 44.0 Å². The second-order valence-electron chi connectivity index (χ2n) is 5.57. The third kappa shape index (κ3) is 3.16. The Morgan fingerprint density at radius 2 is 2.04 bits per heavy atom. The molecule has 0 unspecified atom stereocenters. The minimum atomic E-state index is -0.226. The number of hydrogen-bond acceptors (Lipinski definition) is 5. The van der Waals surface area contributed by atoms with Crippen LogP contribution in [0.15, 0.2) is 34.8 Å². The first-order valence-corrected chi connectivity index (χ1v) is 9.32. The monoisotopic (exact) mass is 346 g/mol. The van der Waals surface area contributed by atoms with Crippen LogP contribution < -0.4 is 0 Å². The van der Waals surface area contributed by atoms with Crippen LogP contribution in [0.3, 0.4) is 0 Å². The lowest BCUT2D eigenvalue weighted by molar-refractivity contribution is 0.628. The lowest BCUT2D eigenvalue weighted by atomic mass is 10.2. The van der Waals surface area contributed by atoms with Crippen molar-refractivity contribution in [2.24, 2.45) is 0 Å². The smallest absolute Gasteiger partial charge is 0.191 e. The second-order valence-corrected chi connectivity index (χ2v) is 7.37. The Morgan fingerprint density at radius 3 is 2.78 bits per heavy atom. The van der Waals surface area contributed by atoms with Gasteiger partial charge in [0, 0.05) is 22.7 Å². The molecule has 4 rings (SSSR count). The molecule has 0 spiro atoms. The quantitative estimate of drug-likeness (QED) is 0.639. The van der Waals surface area contributed by atoms with Crippen molar-refractivity contribution in [1.29, 1.82) is 0 Å². The van der Waals surface area contributed by atoms with E-state index < -0.39 is 0 Å². The van der Waals surface area contributed by atoms with Crippen LogP contribution in [-0.4, -0.2) is 19.7 Å². The summed E-state index contributed by atoms with van der Waals surface area (Å²) in [6.45, 7) is 2.00. The van der Waals surface area contributed by atoms with Gasteiger partial charge in [-0.15, -0.1) is 21.5 Å². The highest BCUT2D eigenvalue weighted by Crippen LogP contribution is 2.39. The molecule has 3 aromatic rings. The van der Waals surface area contributed by atoms with Crippen molar-refractivity contribution in [3.63, 3.8) is 0 Å². The lowest BCUT2D eigenvalue weighted by Gasteiger charge is -2.05. The first kappa shape index (κ1) is 14.8. The number of nitrogens with zero attached hydrogens (tertiary/aromatic N) is 4. The van der Waals surface area contributed by atoms with Gasteiger partial charge in [0.1, 0.15) is 16.6 Å². The Labute approximate surface area is 141 Å². The minimum Gasteiger partial charge on any atom is -0.303 e. The topological polar surface area (TPSA) is 43.6 Å². The minimum absolute atomic E-state index is 0.226. The molecule has 2 aromatic heterocycles. The molecule has 2 heterocycles. The molecule has 0 atom stereocenters. The Kier molecular flexibility index (Phi) is 3.90. The fraction of sp³-hybridized carbons (Fsp3) is 0.312. The van der Waals surface area contributed by atoms with Gasteiger partial charge in [-0.2, -0.15) is 0 Å². The summed E-state index contributed by atoms with van der Waals surface area (Å²) < 4.78 is 15.2. The van der Waals surface area contributed by atoms with Crippen molar-refractivity contribution in [2.45, 2.75) is 36.7 Å². The molecule has 1 aliphatic rings. The molecule has 0 N–H and O–H groups in total. The first-order valence-electron chi connectivity index (χ1n) is 7.45. The number of hydrogen-bond donors (Lipinski definition) is 0. The van der Waals surface area contributed by atoms with E-state index in [1.165, 1.54) is 25.0 Å². The van der Waals surface area contributed by atoms with Crippen LogP contribution in [0.4, 0.5) is 4.39 Å². The summed E-state index contributed by atoms with van der Waals surface area (Å²) >= 11 is 3.26. The van der Waals surface area contributed by atoms with E-state index in [9.17, 15) is 4.39 Å². The number of aryl methyl sites for hydroxylation is 1. The van der Waals surface area contributed by atoms with Crippen LogP contribution in [0.1, 0.15) is 30.4 Å².